The quantitative estimate of drug-likeness (QED) is 0.775. The molecule has 0 saturated carbocycles. The lowest BCUT2D eigenvalue weighted by molar-refractivity contribution is 0.191. The molecule has 0 N–H and O–H groups in total. The van der Waals surface area contributed by atoms with Gasteiger partial charge in [-0.25, -0.2) is 8.42 Å². The van der Waals surface area contributed by atoms with Crippen LogP contribution in [0.2, 0.25) is 0 Å². The summed E-state index contributed by atoms with van der Waals surface area (Å²) in [5, 5.41) is 0. The summed E-state index contributed by atoms with van der Waals surface area (Å²) in [5.41, 5.74) is 1.39. The Labute approximate surface area is 114 Å². The Bertz CT molecular complexity index is 519. The van der Waals surface area contributed by atoms with Crippen LogP contribution in [0.4, 0.5) is 0 Å². The third-order valence-corrected chi connectivity index (χ3v) is 4.40. The second-order valence-electron chi connectivity index (χ2n) is 4.38. The van der Waals surface area contributed by atoms with Crippen LogP contribution in [0.25, 0.3) is 0 Å². The minimum atomic E-state index is -3.70. The van der Waals surface area contributed by atoms with E-state index in [1.807, 2.05) is 6.92 Å². The van der Waals surface area contributed by atoms with Crippen molar-refractivity contribution in [3.05, 3.63) is 23.3 Å². The molecule has 0 aliphatic carbocycles. The maximum absolute atomic E-state index is 11.4. The molecule has 5 heteroatoms. The molecule has 0 fully saturated rings. The Morgan fingerprint density at radius 2 is 1.72 bits per heavy atom. The lowest BCUT2D eigenvalue weighted by Gasteiger charge is -2.18. The second-order valence-corrected chi connectivity index (χ2v) is 6.91. The lowest BCUT2D eigenvalue weighted by Crippen LogP contribution is -2.14. The standard InChI is InChI=1S/C13H19ClO3S/c1-5-11(6-2)17-12-7-10(4)13(8-9(12)3)18(14,15)16/h7-8,11H,5-6H2,1-4H3. The molecule has 3 nitrogen and oxygen atoms in total. The average Bonchev–Trinajstić information content (AvgIpc) is 2.28. The molecule has 0 aromatic heterocycles. The molecule has 0 heterocycles. The van der Waals surface area contributed by atoms with Gasteiger partial charge < -0.3 is 4.74 Å². The zero-order chi connectivity index (χ0) is 13.9. The Hall–Kier alpha value is -0.740. The molecule has 0 bridgehead atoms. The fraction of sp³-hybridized carbons (Fsp3) is 0.538. The van der Waals surface area contributed by atoms with E-state index in [1.54, 1.807) is 19.1 Å². The fourth-order valence-electron chi connectivity index (χ4n) is 1.79. The number of halogens is 1. The highest BCUT2D eigenvalue weighted by Gasteiger charge is 2.17. The molecule has 0 atom stereocenters. The highest BCUT2D eigenvalue weighted by molar-refractivity contribution is 8.13. The summed E-state index contributed by atoms with van der Waals surface area (Å²) in [6.45, 7) is 7.67. The van der Waals surface area contributed by atoms with Gasteiger partial charge in [-0.3, -0.25) is 0 Å². The van der Waals surface area contributed by atoms with Gasteiger partial charge in [-0.15, -0.1) is 0 Å². The summed E-state index contributed by atoms with van der Waals surface area (Å²) in [5.74, 6) is 0.727. The van der Waals surface area contributed by atoms with Crippen molar-refractivity contribution in [2.45, 2.75) is 51.5 Å². The van der Waals surface area contributed by atoms with Gasteiger partial charge in [0.05, 0.1) is 11.0 Å². The van der Waals surface area contributed by atoms with Crippen LogP contribution in [0.1, 0.15) is 37.8 Å². The van der Waals surface area contributed by atoms with Crippen LogP contribution in [-0.4, -0.2) is 14.5 Å². The molecular formula is C13H19ClO3S. The van der Waals surface area contributed by atoms with E-state index in [1.165, 1.54) is 0 Å². The van der Waals surface area contributed by atoms with Gasteiger partial charge in [0.1, 0.15) is 5.75 Å². The molecule has 0 spiro atoms. The van der Waals surface area contributed by atoms with Gasteiger partial charge in [0.2, 0.25) is 0 Å². The van der Waals surface area contributed by atoms with E-state index in [0.29, 0.717) is 5.56 Å². The number of ether oxygens (including phenoxy) is 1. The molecule has 0 unspecified atom stereocenters. The van der Waals surface area contributed by atoms with Crippen molar-refractivity contribution < 1.29 is 13.2 Å². The van der Waals surface area contributed by atoms with Crippen LogP contribution in [-0.2, 0) is 9.05 Å². The number of aryl methyl sites for hydroxylation is 2. The molecule has 0 amide bonds. The van der Waals surface area contributed by atoms with Gasteiger partial charge >= 0.3 is 0 Å². The Kier molecular flexibility index (Phi) is 5.05. The second kappa shape index (κ2) is 5.93. The van der Waals surface area contributed by atoms with Gasteiger partial charge in [-0.05, 0) is 49.9 Å². The smallest absolute Gasteiger partial charge is 0.261 e. The first kappa shape index (κ1) is 15.3. The largest absolute Gasteiger partial charge is 0.490 e. The summed E-state index contributed by atoms with van der Waals surface area (Å²) in [6.07, 6.45) is 2.00. The van der Waals surface area contributed by atoms with Crippen molar-refractivity contribution in [1.82, 2.24) is 0 Å². The van der Waals surface area contributed by atoms with Crippen molar-refractivity contribution >= 4 is 19.7 Å². The molecule has 1 rings (SSSR count). The summed E-state index contributed by atoms with van der Waals surface area (Å²) in [4.78, 5) is 0.151. The zero-order valence-corrected chi connectivity index (χ0v) is 12.7. The van der Waals surface area contributed by atoms with Gasteiger partial charge in [0.25, 0.3) is 9.05 Å². The predicted molar refractivity (Wildman–Crippen MR) is 74.0 cm³/mol. The Morgan fingerprint density at radius 1 is 1.17 bits per heavy atom. The summed E-state index contributed by atoms with van der Waals surface area (Å²) < 4.78 is 28.6. The topological polar surface area (TPSA) is 43.4 Å². The Morgan fingerprint density at radius 3 is 2.17 bits per heavy atom. The average molecular weight is 291 g/mol. The molecule has 0 aliphatic rings. The van der Waals surface area contributed by atoms with Crippen molar-refractivity contribution in [3.8, 4) is 5.75 Å². The van der Waals surface area contributed by atoms with Crippen LogP contribution >= 0.6 is 10.7 Å². The van der Waals surface area contributed by atoms with Crippen LogP contribution in [0, 0.1) is 13.8 Å². The first-order valence-corrected chi connectivity index (χ1v) is 8.33. The normalized spacial score (nSPS) is 11.9. The van der Waals surface area contributed by atoms with E-state index in [0.717, 1.165) is 24.2 Å². The predicted octanol–water partition coefficient (Wildman–Crippen LogP) is 3.80. The highest BCUT2D eigenvalue weighted by Crippen LogP contribution is 2.29. The SMILES string of the molecule is CCC(CC)Oc1cc(C)c(S(=O)(=O)Cl)cc1C. The van der Waals surface area contributed by atoms with E-state index >= 15 is 0 Å². The molecular weight excluding hydrogens is 272 g/mol. The van der Waals surface area contributed by atoms with Crippen molar-refractivity contribution in [2.75, 3.05) is 0 Å². The maximum Gasteiger partial charge on any atom is 0.261 e. The van der Waals surface area contributed by atoms with Crippen molar-refractivity contribution in [1.29, 1.82) is 0 Å². The molecule has 1 aromatic rings. The molecule has 0 radical (unpaired) electrons. The molecule has 0 saturated heterocycles. The highest BCUT2D eigenvalue weighted by atomic mass is 35.7. The van der Waals surface area contributed by atoms with E-state index in [9.17, 15) is 8.42 Å². The van der Waals surface area contributed by atoms with Crippen molar-refractivity contribution in [3.63, 3.8) is 0 Å². The van der Waals surface area contributed by atoms with Gasteiger partial charge in [0, 0.05) is 10.7 Å². The monoisotopic (exact) mass is 290 g/mol. The summed E-state index contributed by atoms with van der Waals surface area (Å²) in [6, 6.07) is 3.30. The van der Waals surface area contributed by atoms with Crippen LogP contribution in [0.5, 0.6) is 5.75 Å². The maximum atomic E-state index is 11.4. The summed E-state index contributed by atoms with van der Waals surface area (Å²) in [7, 11) is 1.68. The molecule has 0 aliphatic heterocycles. The number of rotatable bonds is 5. The van der Waals surface area contributed by atoms with Crippen molar-refractivity contribution in [2.24, 2.45) is 0 Å². The minimum absolute atomic E-state index is 0.151. The zero-order valence-electron chi connectivity index (χ0n) is 11.2. The fourth-order valence-corrected chi connectivity index (χ4v) is 3.05. The van der Waals surface area contributed by atoms with E-state index in [2.05, 4.69) is 13.8 Å². The van der Waals surface area contributed by atoms with E-state index in [4.69, 9.17) is 15.4 Å². The minimum Gasteiger partial charge on any atom is -0.490 e. The van der Waals surface area contributed by atoms with Gasteiger partial charge in [-0.2, -0.15) is 0 Å². The molecule has 18 heavy (non-hydrogen) atoms. The lowest BCUT2D eigenvalue weighted by atomic mass is 10.1. The Balaban J connectivity index is 3.15. The van der Waals surface area contributed by atoms with Gasteiger partial charge in [0.15, 0.2) is 0 Å². The third kappa shape index (κ3) is 3.62. The van der Waals surface area contributed by atoms with Crippen LogP contribution < -0.4 is 4.74 Å². The summed E-state index contributed by atoms with van der Waals surface area (Å²) >= 11 is 0. The number of hydrogen-bond acceptors (Lipinski definition) is 3. The van der Waals surface area contributed by atoms with E-state index < -0.39 is 9.05 Å². The van der Waals surface area contributed by atoms with Crippen LogP contribution in [0.3, 0.4) is 0 Å². The van der Waals surface area contributed by atoms with E-state index in [-0.39, 0.29) is 11.0 Å². The number of benzene rings is 1. The van der Waals surface area contributed by atoms with Gasteiger partial charge in [-0.1, -0.05) is 13.8 Å². The molecule has 1 aromatic carbocycles. The molecule has 102 valence electrons. The first-order valence-electron chi connectivity index (χ1n) is 6.02. The van der Waals surface area contributed by atoms with Crippen LogP contribution in [0.15, 0.2) is 17.0 Å². The third-order valence-electron chi connectivity index (χ3n) is 2.94. The first-order chi connectivity index (χ1) is 8.29. The number of hydrogen-bond donors (Lipinski definition) is 0.